The molecule has 0 bridgehead atoms. The molecule has 0 amide bonds. The fourth-order valence-corrected chi connectivity index (χ4v) is 6.54. The highest BCUT2D eigenvalue weighted by molar-refractivity contribution is 5.92. The Morgan fingerprint density at radius 1 is 1.21 bits per heavy atom. The van der Waals surface area contributed by atoms with Crippen molar-refractivity contribution in [2.75, 3.05) is 0 Å². The van der Waals surface area contributed by atoms with Crippen LogP contribution in [-0.2, 0) is 9.53 Å². The largest absolute Gasteiger partial charge is 0.393 e. The molecule has 1 aliphatic heterocycles. The summed E-state index contributed by atoms with van der Waals surface area (Å²) in [7, 11) is 0. The Balaban J connectivity index is 2.18. The van der Waals surface area contributed by atoms with Crippen molar-refractivity contribution in [1.29, 1.82) is 0 Å². The first kappa shape index (κ1) is 18.1. The minimum absolute atomic E-state index is 0.122. The number of ketones is 1. The zero-order valence-electron chi connectivity index (χ0n) is 15.7. The Hall–Kier alpha value is -0.710. The van der Waals surface area contributed by atoms with Crippen molar-refractivity contribution in [2.24, 2.45) is 16.7 Å². The first-order valence-electron chi connectivity index (χ1n) is 9.13. The standard InChI is InChI=1S/C20H32O4/c1-7-17(4)12-14(22)20(23)18(5)10-8-9-16(2,3)15(18)13(21)11-19(20,6)24-17/h7,13,15,21,23H,1,8-12H2,2-6H3/t13-,15+,17+,18+,19-,20+/m1/s1. The van der Waals surface area contributed by atoms with E-state index in [1.54, 1.807) is 13.0 Å². The van der Waals surface area contributed by atoms with Crippen LogP contribution in [0.1, 0.15) is 66.7 Å². The van der Waals surface area contributed by atoms with Gasteiger partial charge >= 0.3 is 0 Å². The van der Waals surface area contributed by atoms with E-state index in [9.17, 15) is 15.0 Å². The molecule has 3 rings (SSSR count). The molecule has 0 radical (unpaired) electrons. The van der Waals surface area contributed by atoms with Gasteiger partial charge < -0.3 is 14.9 Å². The number of aliphatic hydroxyl groups excluding tert-OH is 1. The monoisotopic (exact) mass is 336 g/mol. The third-order valence-corrected chi connectivity index (χ3v) is 7.43. The molecule has 0 aromatic carbocycles. The summed E-state index contributed by atoms with van der Waals surface area (Å²) < 4.78 is 6.29. The van der Waals surface area contributed by atoms with E-state index in [2.05, 4.69) is 20.4 Å². The molecule has 2 N–H and O–H groups in total. The zero-order valence-corrected chi connectivity index (χ0v) is 15.7. The quantitative estimate of drug-likeness (QED) is 0.722. The molecule has 3 aliphatic rings. The predicted octanol–water partition coefficient (Wildman–Crippen LogP) is 3.01. The summed E-state index contributed by atoms with van der Waals surface area (Å²) in [6.07, 6.45) is 4.10. The van der Waals surface area contributed by atoms with E-state index in [-0.39, 0.29) is 30.0 Å². The Labute approximate surface area is 145 Å². The van der Waals surface area contributed by atoms with Crippen LogP contribution in [0.4, 0.5) is 0 Å². The van der Waals surface area contributed by atoms with Gasteiger partial charge in [-0.25, -0.2) is 0 Å². The van der Waals surface area contributed by atoms with Crippen LogP contribution in [-0.4, -0.2) is 38.9 Å². The van der Waals surface area contributed by atoms with Gasteiger partial charge in [0.2, 0.25) is 0 Å². The van der Waals surface area contributed by atoms with Gasteiger partial charge in [-0.2, -0.15) is 0 Å². The lowest BCUT2D eigenvalue weighted by Crippen LogP contribution is -2.79. The molecule has 0 spiro atoms. The number of rotatable bonds is 1. The first-order chi connectivity index (χ1) is 10.9. The number of carbonyl (C=O) groups is 1. The van der Waals surface area contributed by atoms with Crippen molar-refractivity contribution in [1.82, 2.24) is 0 Å². The van der Waals surface area contributed by atoms with Crippen molar-refractivity contribution < 1.29 is 19.7 Å². The number of Topliss-reactive ketones (excluding diaryl/α,β-unsaturated/α-hetero) is 1. The summed E-state index contributed by atoms with van der Waals surface area (Å²) in [5.41, 5.74) is -4.30. The van der Waals surface area contributed by atoms with Gasteiger partial charge in [0.05, 0.1) is 11.7 Å². The van der Waals surface area contributed by atoms with Gasteiger partial charge in [-0.1, -0.05) is 33.3 Å². The van der Waals surface area contributed by atoms with Crippen LogP contribution in [0.15, 0.2) is 12.7 Å². The Morgan fingerprint density at radius 2 is 1.83 bits per heavy atom. The number of aliphatic hydroxyl groups is 2. The van der Waals surface area contributed by atoms with Gasteiger partial charge in [0.25, 0.3) is 0 Å². The van der Waals surface area contributed by atoms with Crippen LogP contribution < -0.4 is 0 Å². The third-order valence-electron chi connectivity index (χ3n) is 7.43. The van der Waals surface area contributed by atoms with E-state index in [0.29, 0.717) is 0 Å². The highest BCUT2D eigenvalue weighted by Crippen LogP contribution is 2.66. The maximum atomic E-state index is 13.2. The van der Waals surface area contributed by atoms with E-state index >= 15 is 0 Å². The molecular formula is C20H32O4. The Bertz CT molecular complexity index is 584. The van der Waals surface area contributed by atoms with Crippen LogP contribution in [0, 0.1) is 16.7 Å². The molecule has 2 aliphatic carbocycles. The summed E-state index contributed by atoms with van der Waals surface area (Å²) in [5.74, 6) is -0.298. The summed E-state index contributed by atoms with van der Waals surface area (Å²) in [6.45, 7) is 13.7. The molecule has 1 saturated heterocycles. The SMILES string of the molecule is C=C[C@@]1(C)CC(=O)[C@@]2(O)[C@@](C)(C[C@@H](O)[C@H]3C(C)(C)CCC[C@@]32C)O1. The summed E-state index contributed by atoms with van der Waals surface area (Å²) in [6, 6.07) is 0. The first-order valence-corrected chi connectivity index (χ1v) is 9.13. The molecule has 2 saturated carbocycles. The van der Waals surface area contributed by atoms with Crippen LogP contribution in [0.5, 0.6) is 0 Å². The van der Waals surface area contributed by atoms with Crippen LogP contribution in [0.2, 0.25) is 0 Å². The Kier molecular flexibility index (Phi) is 3.71. The molecule has 0 unspecified atom stereocenters. The van der Waals surface area contributed by atoms with E-state index in [4.69, 9.17) is 4.74 Å². The summed E-state index contributed by atoms with van der Waals surface area (Å²) in [4.78, 5) is 13.2. The molecule has 3 fully saturated rings. The highest BCUT2D eigenvalue weighted by atomic mass is 16.5. The number of hydrogen-bond acceptors (Lipinski definition) is 4. The lowest BCUT2D eigenvalue weighted by molar-refractivity contribution is -0.324. The van der Waals surface area contributed by atoms with Crippen molar-refractivity contribution >= 4 is 5.78 Å². The topological polar surface area (TPSA) is 66.8 Å². The van der Waals surface area contributed by atoms with Crippen LogP contribution in [0.25, 0.3) is 0 Å². The fourth-order valence-electron chi connectivity index (χ4n) is 6.54. The van der Waals surface area contributed by atoms with Crippen LogP contribution >= 0.6 is 0 Å². The molecule has 24 heavy (non-hydrogen) atoms. The van der Waals surface area contributed by atoms with Gasteiger partial charge in [-0.05, 0) is 38.0 Å². The molecule has 6 atom stereocenters. The molecule has 4 heteroatoms. The lowest BCUT2D eigenvalue weighted by atomic mass is 9.41. The molecule has 1 heterocycles. The van der Waals surface area contributed by atoms with E-state index in [1.807, 2.05) is 13.8 Å². The normalized spacial score (nSPS) is 53.9. The smallest absolute Gasteiger partial charge is 0.171 e. The average Bonchev–Trinajstić information content (AvgIpc) is 2.41. The van der Waals surface area contributed by atoms with Crippen LogP contribution in [0.3, 0.4) is 0 Å². The second kappa shape index (κ2) is 4.93. The summed E-state index contributed by atoms with van der Waals surface area (Å²) >= 11 is 0. The molecule has 0 aromatic heterocycles. The fraction of sp³-hybridized carbons (Fsp3) is 0.850. The highest BCUT2D eigenvalue weighted by Gasteiger charge is 2.75. The Morgan fingerprint density at radius 3 is 2.42 bits per heavy atom. The van der Waals surface area contributed by atoms with Gasteiger partial charge in [0, 0.05) is 18.3 Å². The van der Waals surface area contributed by atoms with Crippen molar-refractivity contribution in [2.45, 2.75) is 89.6 Å². The van der Waals surface area contributed by atoms with Crippen molar-refractivity contribution in [3.63, 3.8) is 0 Å². The van der Waals surface area contributed by atoms with E-state index in [0.717, 1.165) is 19.3 Å². The number of carbonyl (C=O) groups excluding carboxylic acids is 1. The van der Waals surface area contributed by atoms with Crippen molar-refractivity contribution in [3.05, 3.63) is 12.7 Å². The maximum absolute atomic E-state index is 13.2. The average molecular weight is 336 g/mol. The van der Waals surface area contributed by atoms with Gasteiger partial charge in [0.1, 0.15) is 5.60 Å². The van der Waals surface area contributed by atoms with Gasteiger partial charge in [-0.15, -0.1) is 6.58 Å². The summed E-state index contributed by atoms with van der Waals surface area (Å²) in [5, 5.41) is 22.9. The minimum Gasteiger partial charge on any atom is -0.393 e. The number of ether oxygens (including phenoxy) is 1. The third kappa shape index (κ3) is 1.99. The van der Waals surface area contributed by atoms with Crippen molar-refractivity contribution in [3.8, 4) is 0 Å². The molecule has 4 nitrogen and oxygen atoms in total. The molecule has 0 aromatic rings. The van der Waals surface area contributed by atoms with Gasteiger partial charge in [0.15, 0.2) is 11.4 Å². The van der Waals surface area contributed by atoms with E-state index < -0.39 is 28.3 Å². The maximum Gasteiger partial charge on any atom is 0.171 e. The zero-order chi connectivity index (χ0) is 18.2. The minimum atomic E-state index is -1.58. The molecular weight excluding hydrogens is 304 g/mol. The predicted molar refractivity (Wildman–Crippen MR) is 92.5 cm³/mol. The molecule has 136 valence electrons. The van der Waals surface area contributed by atoms with E-state index in [1.165, 1.54) is 0 Å². The number of fused-ring (bicyclic) bond motifs is 3. The second-order valence-electron chi connectivity index (χ2n) is 9.67. The lowest BCUT2D eigenvalue weighted by Gasteiger charge is -2.68. The number of hydrogen-bond donors (Lipinski definition) is 2. The second-order valence-corrected chi connectivity index (χ2v) is 9.67. The van der Waals surface area contributed by atoms with Gasteiger partial charge in [-0.3, -0.25) is 4.79 Å².